The van der Waals surface area contributed by atoms with E-state index in [1.165, 1.54) is 4.80 Å². The maximum Gasteiger partial charge on any atom is 0.177 e. The molecule has 0 unspecified atom stereocenters. The molecule has 0 saturated carbocycles. The largest absolute Gasteiger partial charge is 0.357 e. The van der Waals surface area contributed by atoms with Crippen LogP contribution in [0.5, 0.6) is 0 Å². The third-order valence-corrected chi connectivity index (χ3v) is 3.08. The molecule has 1 N–H and O–H groups in total. The third-order valence-electron chi connectivity index (χ3n) is 3.08. The maximum absolute atomic E-state index is 4.15. The van der Waals surface area contributed by atoms with Crippen molar-refractivity contribution in [3.63, 3.8) is 0 Å². The molecule has 9 heteroatoms. The lowest BCUT2D eigenvalue weighted by Crippen LogP contribution is -1.99. The maximum atomic E-state index is 4.15. The minimum atomic E-state index is 0.476. The van der Waals surface area contributed by atoms with Crippen LogP contribution < -0.4 is 0 Å². The van der Waals surface area contributed by atoms with Crippen molar-refractivity contribution in [1.29, 1.82) is 0 Å². The summed E-state index contributed by atoms with van der Waals surface area (Å²) in [4.78, 5) is 1.51. The van der Waals surface area contributed by atoms with Crippen LogP contribution in [0.2, 0.25) is 0 Å². The van der Waals surface area contributed by atoms with E-state index in [0.29, 0.717) is 11.7 Å². The lowest BCUT2D eigenvalue weighted by Gasteiger charge is -2.04. The van der Waals surface area contributed by atoms with Gasteiger partial charge < -0.3 is 4.57 Å². The van der Waals surface area contributed by atoms with Gasteiger partial charge in [0.15, 0.2) is 11.6 Å². The molecule has 3 rings (SSSR count). The molecule has 0 bridgehead atoms. The van der Waals surface area contributed by atoms with Crippen LogP contribution in [0.3, 0.4) is 0 Å². The van der Waals surface area contributed by atoms with Gasteiger partial charge in [0, 0.05) is 25.4 Å². The number of rotatable bonds is 3. The monoisotopic (exact) mass is 319 g/mol. The standard InChI is InChI=1S/C7H14N4.C5H7N.C2H4N4/c1-4-6(5-2)7-8-10-11(3)9-7;1-6-4-2-3-5-6;1-2-3-5-6-4-2/h6H,4-5H2,1-3H3;2-5H,1H3;1H3,(H,3,4,5,6). The molecular weight excluding hydrogens is 294 g/mol. The number of aryl methyl sites for hydroxylation is 3. The van der Waals surface area contributed by atoms with Crippen LogP contribution >= 0.6 is 0 Å². The van der Waals surface area contributed by atoms with E-state index in [-0.39, 0.29) is 0 Å². The average Bonchev–Trinajstić information content (AvgIpc) is 3.27. The molecule has 0 aliphatic heterocycles. The first-order chi connectivity index (χ1) is 11.1. The predicted molar refractivity (Wildman–Crippen MR) is 86.4 cm³/mol. The van der Waals surface area contributed by atoms with Crippen LogP contribution in [-0.4, -0.2) is 45.4 Å². The van der Waals surface area contributed by atoms with Crippen LogP contribution in [0.4, 0.5) is 0 Å². The second kappa shape index (κ2) is 10.2. The molecule has 0 amide bonds. The van der Waals surface area contributed by atoms with Crippen molar-refractivity contribution in [2.45, 2.75) is 39.5 Å². The highest BCUT2D eigenvalue weighted by molar-refractivity contribution is 4.89. The minimum absolute atomic E-state index is 0.476. The molecular formula is C14H25N9. The first-order valence-electron chi connectivity index (χ1n) is 7.57. The molecule has 0 aliphatic rings. The molecule has 126 valence electrons. The van der Waals surface area contributed by atoms with Gasteiger partial charge in [0.25, 0.3) is 0 Å². The zero-order chi connectivity index (χ0) is 17.1. The number of aromatic amines is 1. The van der Waals surface area contributed by atoms with Crippen molar-refractivity contribution in [2.75, 3.05) is 0 Å². The molecule has 0 atom stereocenters. The summed E-state index contributed by atoms with van der Waals surface area (Å²) in [6.07, 6.45) is 6.17. The van der Waals surface area contributed by atoms with Crippen LogP contribution in [0.1, 0.15) is 44.3 Å². The number of nitrogens with one attached hydrogen (secondary N) is 1. The Balaban J connectivity index is 0.000000187. The molecule has 0 fully saturated rings. The summed E-state index contributed by atoms with van der Waals surface area (Å²) < 4.78 is 2.00. The number of nitrogens with zero attached hydrogens (tertiary/aromatic N) is 8. The number of H-pyrrole nitrogens is 1. The zero-order valence-electron chi connectivity index (χ0n) is 14.4. The molecule has 0 aliphatic carbocycles. The molecule has 0 saturated heterocycles. The molecule has 0 spiro atoms. The minimum Gasteiger partial charge on any atom is -0.357 e. The summed E-state index contributed by atoms with van der Waals surface area (Å²) in [6.45, 7) is 6.05. The Morgan fingerprint density at radius 1 is 1.09 bits per heavy atom. The van der Waals surface area contributed by atoms with Gasteiger partial charge in [-0.1, -0.05) is 19.1 Å². The Labute approximate surface area is 136 Å². The van der Waals surface area contributed by atoms with E-state index in [0.717, 1.165) is 18.7 Å². The van der Waals surface area contributed by atoms with Crippen LogP contribution in [-0.2, 0) is 14.1 Å². The van der Waals surface area contributed by atoms with Crippen LogP contribution in [0, 0.1) is 6.92 Å². The highest BCUT2D eigenvalue weighted by Gasteiger charge is 2.11. The molecule has 23 heavy (non-hydrogen) atoms. The molecule has 3 heterocycles. The van der Waals surface area contributed by atoms with Crippen molar-refractivity contribution in [3.8, 4) is 0 Å². The van der Waals surface area contributed by atoms with Gasteiger partial charge in [-0.2, -0.15) is 10.0 Å². The fourth-order valence-corrected chi connectivity index (χ4v) is 1.75. The van der Waals surface area contributed by atoms with E-state index >= 15 is 0 Å². The van der Waals surface area contributed by atoms with Crippen molar-refractivity contribution in [1.82, 2.24) is 45.4 Å². The van der Waals surface area contributed by atoms with Crippen molar-refractivity contribution in [3.05, 3.63) is 36.2 Å². The quantitative estimate of drug-likeness (QED) is 0.787. The van der Waals surface area contributed by atoms with Gasteiger partial charge in [0.05, 0.1) is 7.05 Å². The van der Waals surface area contributed by atoms with Crippen molar-refractivity contribution >= 4 is 0 Å². The van der Waals surface area contributed by atoms with Gasteiger partial charge in [0.2, 0.25) is 0 Å². The van der Waals surface area contributed by atoms with E-state index in [9.17, 15) is 0 Å². The van der Waals surface area contributed by atoms with Gasteiger partial charge in [0.1, 0.15) is 0 Å². The second-order valence-corrected chi connectivity index (χ2v) is 4.96. The first-order valence-corrected chi connectivity index (χ1v) is 7.57. The summed E-state index contributed by atoms with van der Waals surface area (Å²) in [5.74, 6) is 2.02. The molecule has 3 aromatic heterocycles. The number of aromatic nitrogens is 9. The fraction of sp³-hybridized carbons (Fsp3) is 0.571. The van der Waals surface area contributed by atoms with Crippen molar-refractivity contribution < 1.29 is 0 Å². The van der Waals surface area contributed by atoms with Gasteiger partial charge in [-0.25, -0.2) is 0 Å². The lowest BCUT2D eigenvalue weighted by atomic mass is 10.0. The summed E-state index contributed by atoms with van der Waals surface area (Å²) in [5, 5.41) is 24.6. The number of hydrogen-bond acceptors (Lipinski definition) is 6. The summed E-state index contributed by atoms with van der Waals surface area (Å²) in [6, 6.07) is 4.00. The van der Waals surface area contributed by atoms with Gasteiger partial charge >= 0.3 is 0 Å². The fourth-order valence-electron chi connectivity index (χ4n) is 1.75. The molecule has 9 nitrogen and oxygen atoms in total. The Bertz CT molecular complexity index is 576. The Hall–Kier alpha value is -2.58. The predicted octanol–water partition coefficient (Wildman–Crippen LogP) is 1.65. The smallest absolute Gasteiger partial charge is 0.177 e. The first kappa shape index (κ1) is 18.5. The van der Waals surface area contributed by atoms with Crippen LogP contribution in [0.15, 0.2) is 24.5 Å². The topological polar surface area (TPSA) is 103 Å². The summed E-state index contributed by atoms with van der Waals surface area (Å²) in [5.41, 5.74) is 0. The molecule has 3 aromatic rings. The third kappa shape index (κ3) is 7.30. The van der Waals surface area contributed by atoms with Gasteiger partial charge in [-0.05, 0) is 37.1 Å². The zero-order valence-corrected chi connectivity index (χ0v) is 14.4. The SMILES string of the molecule is CCC(CC)c1nnn(C)n1.Cc1nn[nH]n1.Cn1cccc1. The Morgan fingerprint density at radius 2 is 1.74 bits per heavy atom. The van der Waals surface area contributed by atoms with Gasteiger partial charge in [-0.3, -0.25) is 0 Å². The second-order valence-electron chi connectivity index (χ2n) is 4.96. The Kier molecular flexibility index (Phi) is 8.19. The lowest BCUT2D eigenvalue weighted by molar-refractivity contribution is 0.588. The highest BCUT2D eigenvalue weighted by atomic mass is 15.6. The van der Waals surface area contributed by atoms with E-state index in [2.05, 4.69) is 49.9 Å². The molecule has 0 aromatic carbocycles. The van der Waals surface area contributed by atoms with E-state index in [1.54, 1.807) is 14.0 Å². The number of hydrogen-bond donors (Lipinski definition) is 1. The number of tetrazole rings is 2. The van der Waals surface area contributed by atoms with Gasteiger partial charge in [-0.15, -0.1) is 20.4 Å². The van der Waals surface area contributed by atoms with E-state index in [1.807, 2.05) is 36.1 Å². The van der Waals surface area contributed by atoms with E-state index < -0.39 is 0 Å². The van der Waals surface area contributed by atoms with Crippen molar-refractivity contribution in [2.24, 2.45) is 14.1 Å². The highest BCUT2D eigenvalue weighted by Crippen LogP contribution is 2.17. The Morgan fingerprint density at radius 3 is 2.00 bits per heavy atom. The average molecular weight is 319 g/mol. The van der Waals surface area contributed by atoms with E-state index in [4.69, 9.17) is 0 Å². The summed E-state index contributed by atoms with van der Waals surface area (Å²) in [7, 11) is 3.79. The molecule has 0 radical (unpaired) electrons. The summed E-state index contributed by atoms with van der Waals surface area (Å²) >= 11 is 0. The van der Waals surface area contributed by atoms with Crippen LogP contribution in [0.25, 0.3) is 0 Å². The normalized spacial score (nSPS) is 9.83.